The number of amides is 3. The Morgan fingerprint density at radius 1 is 0.571 bits per heavy atom. The van der Waals surface area contributed by atoms with Crippen LogP contribution in [0.25, 0.3) is 0 Å². The highest BCUT2D eigenvalue weighted by Crippen LogP contribution is 2.16. The molecule has 11 heteroatoms. The van der Waals surface area contributed by atoms with Crippen molar-refractivity contribution in [1.29, 1.82) is 0 Å². The molecule has 2 rings (SSSR count). The number of halogens is 1. The minimum Gasteiger partial charge on any atom is -0.444 e. The standard InChI is InChI=1S/C31H51BrN4O6/c1-29(2,3)40-26(37)34-16-14-33(23-25-12-10-24(22-32)11-13-25)15-17-35(27(38)41-30(4,5)6)19-21-36(20-18-34)28(39)42-31(7,8)9/h10-13H,14-23H2,1-9H3. The molecule has 0 bridgehead atoms. The number of nitrogens with zero attached hydrogens (tertiary/aromatic N) is 4. The number of rotatable bonds is 3. The molecular weight excluding hydrogens is 604 g/mol. The van der Waals surface area contributed by atoms with E-state index in [2.05, 4.69) is 45.1 Å². The smallest absolute Gasteiger partial charge is 0.410 e. The van der Waals surface area contributed by atoms with E-state index in [0.717, 1.165) is 10.9 Å². The minimum absolute atomic E-state index is 0.227. The zero-order chi connectivity index (χ0) is 31.7. The molecule has 1 fully saturated rings. The van der Waals surface area contributed by atoms with Gasteiger partial charge < -0.3 is 28.9 Å². The molecule has 0 saturated carbocycles. The van der Waals surface area contributed by atoms with E-state index in [-0.39, 0.29) is 26.2 Å². The van der Waals surface area contributed by atoms with Crippen LogP contribution in [-0.4, -0.2) is 107 Å². The number of benzene rings is 1. The van der Waals surface area contributed by atoms with E-state index in [0.29, 0.717) is 32.7 Å². The molecular formula is C31H51BrN4O6. The highest BCUT2D eigenvalue weighted by molar-refractivity contribution is 9.08. The van der Waals surface area contributed by atoms with E-state index >= 15 is 0 Å². The number of carbonyl (C=O) groups excluding carboxylic acids is 3. The van der Waals surface area contributed by atoms with Gasteiger partial charge in [0.1, 0.15) is 16.8 Å². The van der Waals surface area contributed by atoms with E-state index in [1.165, 1.54) is 5.56 Å². The molecule has 0 aliphatic carbocycles. The molecule has 0 N–H and O–H groups in total. The minimum atomic E-state index is -0.691. The summed E-state index contributed by atoms with van der Waals surface area (Å²) in [5.41, 5.74) is 0.320. The zero-order valence-electron chi connectivity index (χ0n) is 27.0. The molecule has 1 aromatic carbocycles. The number of hydrogen-bond donors (Lipinski definition) is 0. The summed E-state index contributed by atoms with van der Waals surface area (Å²) in [4.78, 5) is 46.7. The fraction of sp³-hybridized carbons (Fsp3) is 0.710. The normalized spacial score (nSPS) is 16.8. The number of alkyl halides is 1. The van der Waals surface area contributed by atoms with Crippen LogP contribution in [-0.2, 0) is 26.1 Å². The molecule has 1 aliphatic heterocycles. The first-order valence-electron chi connectivity index (χ1n) is 14.6. The first-order valence-corrected chi connectivity index (χ1v) is 15.8. The van der Waals surface area contributed by atoms with Crippen molar-refractivity contribution in [3.05, 3.63) is 35.4 Å². The van der Waals surface area contributed by atoms with Gasteiger partial charge in [0.25, 0.3) is 0 Å². The average Bonchev–Trinajstić information content (AvgIpc) is 2.82. The van der Waals surface area contributed by atoms with Crippen molar-refractivity contribution in [2.75, 3.05) is 52.4 Å². The third-order valence-electron chi connectivity index (χ3n) is 6.19. The van der Waals surface area contributed by atoms with Gasteiger partial charge in [0.05, 0.1) is 0 Å². The van der Waals surface area contributed by atoms with Crippen LogP contribution in [0, 0.1) is 0 Å². The van der Waals surface area contributed by atoms with Gasteiger partial charge in [-0.15, -0.1) is 0 Å². The monoisotopic (exact) mass is 654 g/mol. The first-order chi connectivity index (χ1) is 19.3. The second-order valence-corrected chi connectivity index (χ2v) is 14.2. The van der Waals surface area contributed by atoms with E-state index < -0.39 is 35.1 Å². The molecule has 10 nitrogen and oxygen atoms in total. The third-order valence-corrected chi connectivity index (χ3v) is 6.84. The highest BCUT2D eigenvalue weighted by atomic mass is 79.9. The van der Waals surface area contributed by atoms with Crippen molar-refractivity contribution in [3.63, 3.8) is 0 Å². The van der Waals surface area contributed by atoms with Gasteiger partial charge in [-0.3, -0.25) is 4.90 Å². The third kappa shape index (κ3) is 13.6. The molecule has 1 heterocycles. The van der Waals surface area contributed by atoms with Crippen molar-refractivity contribution in [2.24, 2.45) is 0 Å². The fourth-order valence-corrected chi connectivity index (χ4v) is 4.51. The summed E-state index contributed by atoms with van der Waals surface area (Å²) in [6.07, 6.45) is -1.36. The first kappa shape index (κ1) is 35.7. The zero-order valence-corrected chi connectivity index (χ0v) is 28.6. The summed E-state index contributed by atoms with van der Waals surface area (Å²) in [7, 11) is 0. The van der Waals surface area contributed by atoms with Gasteiger partial charge in [-0.05, 0) is 73.4 Å². The van der Waals surface area contributed by atoms with Gasteiger partial charge in [-0.25, -0.2) is 14.4 Å². The Bertz CT molecular complexity index is 986. The molecule has 0 spiro atoms. The molecule has 1 saturated heterocycles. The van der Waals surface area contributed by atoms with Crippen molar-refractivity contribution in [1.82, 2.24) is 19.6 Å². The van der Waals surface area contributed by atoms with Crippen molar-refractivity contribution in [2.45, 2.75) is 91.0 Å². The quantitative estimate of drug-likeness (QED) is 0.287. The second kappa shape index (κ2) is 15.3. The lowest BCUT2D eigenvalue weighted by Gasteiger charge is -2.35. The van der Waals surface area contributed by atoms with Crippen LogP contribution in [0.1, 0.15) is 73.4 Å². The van der Waals surface area contributed by atoms with E-state index in [1.807, 2.05) is 62.3 Å². The van der Waals surface area contributed by atoms with Gasteiger partial charge in [-0.2, -0.15) is 0 Å². The Morgan fingerprint density at radius 2 is 0.857 bits per heavy atom. The lowest BCUT2D eigenvalue weighted by molar-refractivity contribution is 0.00450. The summed E-state index contributed by atoms with van der Waals surface area (Å²) in [5, 5.41) is 0.785. The molecule has 42 heavy (non-hydrogen) atoms. The highest BCUT2D eigenvalue weighted by Gasteiger charge is 2.29. The van der Waals surface area contributed by atoms with Gasteiger partial charge in [0.2, 0.25) is 0 Å². The molecule has 238 valence electrons. The molecule has 0 aromatic heterocycles. The Hall–Kier alpha value is -2.53. The molecule has 1 aliphatic rings. The van der Waals surface area contributed by atoms with Crippen LogP contribution < -0.4 is 0 Å². The maximum absolute atomic E-state index is 13.2. The summed E-state index contributed by atoms with van der Waals surface area (Å²) >= 11 is 3.50. The number of carbonyl (C=O) groups is 3. The Kier molecular flexibility index (Phi) is 13.0. The van der Waals surface area contributed by atoms with Gasteiger partial charge >= 0.3 is 18.3 Å². The summed E-state index contributed by atoms with van der Waals surface area (Å²) in [6.45, 7) is 19.9. The van der Waals surface area contributed by atoms with Crippen molar-refractivity contribution in [3.8, 4) is 0 Å². The van der Waals surface area contributed by atoms with E-state index in [9.17, 15) is 14.4 Å². The van der Waals surface area contributed by atoms with Crippen LogP contribution in [0.5, 0.6) is 0 Å². The van der Waals surface area contributed by atoms with Crippen molar-refractivity contribution >= 4 is 34.2 Å². The topological polar surface area (TPSA) is 91.9 Å². The largest absolute Gasteiger partial charge is 0.444 e. The second-order valence-electron chi connectivity index (χ2n) is 13.6. The maximum atomic E-state index is 13.2. The van der Waals surface area contributed by atoms with Crippen LogP contribution in [0.3, 0.4) is 0 Å². The lowest BCUT2D eigenvalue weighted by atomic mass is 10.1. The van der Waals surface area contributed by atoms with Gasteiger partial charge in [0.15, 0.2) is 0 Å². The van der Waals surface area contributed by atoms with Crippen LogP contribution in [0.15, 0.2) is 24.3 Å². The summed E-state index contributed by atoms with van der Waals surface area (Å²) < 4.78 is 17.1. The van der Waals surface area contributed by atoms with E-state index in [4.69, 9.17) is 14.2 Å². The van der Waals surface area contributed by atoms with Crippen LogP contribution >= 0.6 is 15.9 Å². The summed E-state index contributed by atoms with van der Waals surface area (Å²) in [6, 6.07) is 8.38. The lowest BCUT2D eigenvalue weighted by Crippen LogP contribution is -2.51. The Labute approximate surface area is 260 Å². The van der Waals surface area contributed by atoms with Gasteiger partial charge in [-0.1, -0.05) is 40.2 Å². The maximum Gasteiger partial charge on any atom is 0.410 e. The van der Waals surface area contributed by atoms with E-state index in [1.54, 1.807) is 14.7 Å². The molecule has 3 amide bonds. The molecule has 1 aromatic rings. The molecule has 0 unspecified atom stereocenters. The number of hydrogen-bond acceptors (Lipinski definition) is 7. The number of ether oxygens (including phenoxy) is 3. The van der Waals surface area contributed by atoms with Crippen LogP contribution in [0.4, 0.5) is 14.4 Å². The molecule has 0 radical (unpaired) electrons. The van der Waals surface area contributed by atoms with Crippen molar-refractivity contribution < 1.29 is 28.6 Å². The SMILES string of the molecule is CC(C)(C)OC(=O)N1CCN(Cc2ccc(CBr)cc2)CCN(C(=O)OC(C)(C)C)CCN(C(=O)OC(C)(C)C)CC1. The fourth-order valence-electron chi connectivity index (χ4n) is 4.13. The predicted octanol–water partition coefficient (Wildman–Crippen LogP) is 6.11. The Balaban J connectivity index is 2.36. The predicted molar refractivity (Wildman–Crippen MR) is 168 cm³/mol. The van der Waals surface area contributed by atoms with Gasteiger partial charge in [0, 0.05) is 64.2 Å². The van der Waals surface area contributed by atoms with Crippen LogP contribution in [0.2, 0.25) is 0 Å². The Morgan fingerprint density at radius 3 is 1.14 bits per heavy atom. The average molecular weight is 656 g/mol. The molecule has 0 atom stereocenters. The summed E-state index contributed by atoms with van der Waals surface area (Å²) in [5.74, 6) is 0.